The van der Waals surface area contributed by atoms with Crippen LogP contribution in [0.5, 0.6) is 0 Å². The third-order valence-corrected chi connectivity index (χ3v) is 7.53. The molecule has 0 aliphatic rings. The van der Waals surface area contributed by atoms with Gasteiger partial charge in [0.25, 0.3) is 0 Å². The third kappa shape index (κ3) is 17.2. The lowest BCUT2D eigenvalue weighted by atomic mass is 9.81. The molecule has 39 heavy (non-hydrogen) atoms. The first-order chi connectivity index (χ1) is 17.6. The molecule has 0 aliphatic heterocycles. The van der Waals surface area contributed by atoms with Gasteiger partial charge in [-0.3, -0.25) is 9.59 Å². The molecule has 0 saturated carbocycles. The van der Waals surface area contributed by atoms with Gasteiger partial charge in [-0.2, -0.15) is 0 Å². The molecule has 3 atom stereocenters. The molecule has 0 aromatic heterocycles. The lowest BCUT2D eigenvalue weighted by Gasteiger charge is -2.38. The number of nitrogens with one attached hydrogen (secondary N) is 4. The van der Waals surface area contributed by atoms with Gasteiger partial charge in [0.2, 0.25) is 11.8 Å². The largest absolute Gasteiger partial charge is 0.351 e. The molecule has 0 aliphatic carbocycles. The van der Waals surface area contributed by atoms with Crippen LogP contribution in [0, 0.1) is 0 Å². The van der Waals surface area contributed by atoms with Crippen LogP contribution >= 0.6 is 0 Å². The molecule has 8 N–H and O–H groups in total. The van der Waals surface area contributed by atoms with Crippen LogP contribution in [0.1, 0.15) is 128 Å². The van der Waals surface area contributed by atoms with E-state index in [1.807, 2.05) is 46.7 Å². The predicted molar refractivity (Wildman–Crippen MR) is 165 cm³/mol. The molecular weight excluding hydrogens is 490 g/mol. The summed E-state index contributed by atoms with van der Waals surface area (Å²) in [5.41, 5.74) is 14.5. The Labute approximate surface area is 240 Å². The zero-order valence-corrected chi connectivity index (χ0v) is 27.6. The van der Waals surface area contributed by atoms with Crippen LogP contribution in [-0.2, 0) is 9.59 Å². The number of hydrogen-bond donors (Lipinski definition) is 6. The van der Waals surface area contributed by atoms with E-state index in [4.69, 9.17) is 11.5 Å². The van der Waals surface area contributed by atoms with Gasteiger partial charge in [-0.1, -0.05) is 20.8 Å². The Bertz CT molecular complexity index is 742. The fourth-order valence-corrected chi connectivity index (χ4v) is 5.53. The molecule has 0 aromatic rings. The summed E-state index contributed by atoms with van der Waals surface area (Å²) >= 11 is 0. The maximum Gasteiger partial charge on any atom is 0.221 e. The van der Waals surface area contributed by atoms with Crippen molar-refractivity contribution in [3.63, 3.8) is 0 Å². The van der Waals surface area contributed by atoms with Gasteiger partial charge in [0.1, 0.15) is 0 Å². The Morgan fingerprint density at radius 2 is 1.28 bits per heavy atom. The summed E-state index contributed by atoms with van der Waals surface area (Å²) in [5, 5.41) is 11.8. The lowest BCUT2D eigenvalue weighted by molar-refractivity contribution is -0.124. The Morgan fingerprint density at radius 1 is 0.769 bits per heavy atom. The SMILES string of the molecule is CCC(CC(C)(C)NN(CCC(=O)NC(C)(C)CC(C)(C)N)CCC(=O)NC(C)(CC)CC(C)(N)CC)NC. The molecule has 0 aromatic carbocycles. The second-order valence-electron chi connectivity index (χ2n) is 14.3. The minimum absolute atomic E-state index is 0.00622. The number of hydrogen-bond acceptors (Lipinski definition) is 7. The van der Waals surface area contributed by atoms with Crippen molar-refractivity contribution in [1.82, 2.24) is 26.4 Å². The highest BCUT2D eigenvalue weighted by atomic mass is 16.2. The molecule has 232 valence electrons. The highest BCUT2D eigenvalue weighted by Gasteiger charge is 2.32. The Kier molecular flexibility index (Phi) is 15.2. The Balaban J connectivity index is 5.43. The van der Waals surface area contributed by atoms with E-state index in [0.29, 0.717) is 44.8 Å². The summed E-state index contributed by atoms with van der Waals surface area (Å²) in [5.74, 6) is -0.0337. The number of amides is 2. The first kappa shape index (κ1) is 37.7. The van der Waals surface area contributed by atoms with Crippen molar-refractivity contribution in [2.24, 2.45) is 11.5 Å². The first-order valence-electron chi connectivity index (χ1n) is 15.0. The van der Waals surface area contributed by atoms with Gasteiger partial charge in [-0.15, -0.1) is 0 Å². The fourth-order valence-electron chi connectivity index (χ4n) is 5.53. The van der Waals surface area contributed by atoms with Crippen LogP contribution in [0.25, 0.3) is 0 Å². The standard InChI is InChI=1S/C30H65N7O2/c1-13-23(33-12)20-27(6,7)36-37(18-16-24(38)34-28(8,9)21-26(4,5)31)19-17-25(39)35-30(11,15-3)22-29(10,32)14-2/h23,33,36H,13-22,31-32H2,1-12H3,(H,34,38)(H,35,39). The minimum atomic E-state index is -0.408. The van der Waals surface area contributed by atoms with E-state index in [1.165, 1.54) is 0 Å². The number of nitrogens with two attached hydrogens (primary N) is 2. The van der Waals surface area contributed by atoms with Crippen molar-refractivity contribution >= 4 is 11.8 Å². The highest BCUT2D eigenvalue weighted by Crippen LogP contribution is 2.24. The molecular formula is C30H65N7O2. The average Bonchev–Trinajstić information content (AvgIpc) is 2.76. The van der Waals surface area contributed by atoms with Gasteiger partial charge in [0, 0.05) is 59.7 Å². The number of hydrazine groups is 1. The van der Waals surface area contributed by atoms with E-state index in [1.54, 1.807) is 0 Å². The molecule has 3 unspecified atom stereocenters. The number of carbonyl (C=O) groups is 2. The van der Waals surface area contributed by atoms with E-state index >= 15 is 0 Å². The van der Waals surface area contributed by atoms with Crippen LogP contribution < -0.4 is 32.8 Å². The molecule has 0 bridgehead atoms. The van der Waals surface area contributed by atoms with Crippen LogP contribution in [0.15, 0.2) is 0 Å². The molecule has 0 radical (unpaired) electrons. The normalized spacial score (nSPS) is 16.9. The molecule has 0 saturated heterocycles. The van der Waals surface area contributed by atoms with Gasteiger partial charge in [-0.25, -0.2) is 10.4 Å². The highest BCUT2D eigenvalue weighted by molar-refractivity contribution is 5.77. The zero-order valence-electron chi connectivity index (χ0n) is 27.6. The quantitative estimate of drug-likeness (QED) is 0.126. The van der Waals surface area contributed by atoms with Gasteiger partial charge in [0.05, 0.1) is 0 Å². The van der Waals surface area contributed by atoms with E-state index in [-0.39, 0.29) is 34.0 Å². The monoisotopic (exact) mass is 556 g/mol. The van der Waals surface area contributed by atoms with Crippen molar-refractivity contribution in [1.29, 1.82) is 0 Å². The second-order valence-corrected chi connectivity index (χ2v) is 14.3. The van der Waals surface area contributed by atoms with Crippen LogP contribution in [-0.4, -0.2) is 70.7 Å². The summed E-state index contributed by atoms with van der Waals surface area (Å²) in [6, 6.07) is 0.371. The van der Waals surface area contributed by atoms with Gasteiger partial charge in [-0.05, 0) is 101 Å². The van der Waals surface area contributed by atoms with Crippen LogP contribution in [0.4, 0.5) is 0 Å². The van der Waals surface area contributed by atoms with Crippen molar-refractivity contribution in [2.45, 2.75) is 161 Å². The molecule has 0 heterocycles. The summed E-state index contributed by atoms with van der Waals surface area (Å²) in [4.78, 5) is 26.0. The molecule has 9 nitrogen and oxygen atoms in total. The molecule has 2 amide bonds. The maximum atomic E-state index is 13.1. The maximum absolute atomic E-state index is 13.1. The molecule has 0 fully saturated rings. The Hall–Kier alpha value is -1.26. The van der Waals surface area contributed by atoms with Crippen molar-refractivity contribution in [2.75, 3.05) is 20.1 Å². The van der Waals surface area contributed by atoms with Crippen molar-refractivity contribution in [3.05, 3.63) is 0 Å². The number of carbonyl (C=O) groups excluding carboxylic acids is 2. The minimum Gasteiger partial charge on any atom is -0.351 e. The van der Waals surface area contributed by atoms with Gasteiger partial charge >= 0.3 is 0 Å². The summed E-state index contributed by atoms with van der Waals surface area (Å²) in [6.07, 6.45) is 5.60. The van der Waals surface area contributed by atoms with Gasteiger partial charge < -0.3 is 27.4 Å². The van der Waals surface area contributed by atoms with Crippen molar-refractivity contribution in [3.8, 4) is 0 Å². The summed E-state index contributed by atoms with van der Waals surface area (Å²) in [6.45, 7) is 23.7. The summed E-state index contributed by atoms with van der Waals surface area (Å²) < 4.78 is 0. The fraction of sp³-hybridized carbons (Fsp3) is 0.933. The molecule has 0 spiro atoms. The third-order valence-electron chi connectivity index (χ3n) is 7.53. The van der Waals surface area contributed by atoms with E-state index in [9.17, 15) is 9.59 Å². The Morgan fingerprint density at radius 3 is 1.69 bits per heavy atom. The van der Waals surface area contributed by atoms with E-state index < -0.39 is 5.54 Å². The molecule has 9 heteroatoms. The molecule has 0 rings (SSSR count). The predicted octanol–water partition coefficient (Wildman–Crippen LogP) is 3.56. The van der Waals surface area contributed by atoms with Crippen LogP contribution in [0.2, 0.25) is 0 Å². The number of nitrogens with zero attached hydrogens (tertiary/aromatic N) is 1. The van der Waals surface area contributed by atoms with E-state index in [0.717, 1.165) is 25.7 Å². The van der Waals surface area contributed by atoms with Crippen molar-refractivity contribution < 1.29 is 9.59 Å². The zero-order chi connectivity index (χ0) is 30.7. The van der Waals surface area contributed by atoms with E-state index in [2.05, 4.69) is 62.9 Å². The topological polar surface area (TPSA) is 138 Å². The first-order valence-corrected chi connectivity index (χ1v) is 15.0. The number of rotatable bonds is 20. The van der Waals surface area contributed by atoms with Crippen LogP contribution in [0.3, 0.4) is 0 Å². The summed E-state index contributed by atoms with van der Waals surface area (Å²) in [7, 11) is 1.98. The smallest absolute Gasteiger partial charge is 0.221 e. The average molecular weight is 556 g/mol. The van der Waals surface area contributed by atoms with Gasteiger partial charge in [0.15, 0.2) is 0 Å². The second kappa shape index (κ2) is 15.7. The lowest BCUT2D eigenvalue weighted by Crippen LogP contribution is -2.56.